The molecular formula is C16H15N3O. The molecule has 4 nitrogen and oxygen atoms in total. The maximum atomic E-state index is 11.5. The summed E-state index contributed by atoms with van der Waals surface area (Å²) in [5, 5.41) is 2.90. The fourth-order valence-electron chi connectivity index (χ4n) is 2.33. The first-order chi connectivity index (χ1) is 9.66. The van der Waals surface area contributed by atoms with Crippen LogP contribution in [0.25, 0.3) is 16.9 Å². The van der Waals surface area contributed by atoms with E-state index < -0.39 is 0 Å². The third-order valence-electron chi connectivity index (χ3n) is 3.18. The van der Waals surface area contributed by atoms with Gasteiger partial charge in [-0.25, -0.2) is 4.98 Å². The number of carbonyl (C=O) groups excluding carboxylic acids is 1. The fourth-order valence-corrected chi connectivity index (χ4v) is 2.33. The summed E-state index contributed by atoms with van der Waals surface area (Å²) in [5.41, 5.74) is 3.63. The number of anilines is 1. The Morgan fingerprint density at radius 1 is 1.10 bits per heavy atom. The highest BCUT2D eigenvalue weighted by Gasteiger charge is 2.15. The molecular weight excluding hydrogens is 250 g/mol. The molecule has 1 N–H and O–H groups in total. The third-order valence-corrected chi connectivity index (χ3v) is 3.18. The van der Waals surface area contributed by atoms with Crippen LogP contribution in [-0.4, -0.2) is 15.3 Å². The first-order valence-corrected chi connectivity index (χ1v) is 6.48. The van der Waals surface area contributed by atoms with Crippen molar-refractivity contribution in [2.75, 3.05) is 5.32 Å². The lowest BCUT2D eigenvalue weighted by molar-refractivity contribution is -0.114. The van der Waals surface area contributed by atoms with Crippen molar-refractivity contribution in [3.05, 3.63) is 54.2 Å². The summed E-state index contributed by atoms with van der Waals surface area (Å²) in [6.45, 7) is 3.50. The molecule has 0 aliphatic heterocycles. The number of imidazole rings is 1. The van der Waals surface area contributed by atoms with Gasteiger partial charge < -0.3 is 5.32 Å². The summed E-state index contributed by atoms with van der Waals surface area (Å²) in [7, 11) is 0. The maximum Gasteiger partial charge on any atom is 0.222 e. The zero-order valence-electron chi connectivity index (χ0n) is 11.4. The average molecular weight is 265 g/mol. The van der Waals surface area contributed by atoms with Gasteiger partial charge in [-0.1, -0.05) is 36.4 Å². The molecule has 100 valence electrons. The van der Waals surface area contributed by atoms with E-state index in [2.05, 4.69) is 10.3 Å². The van der Waals surface area contributed by atoms with Crippen LogP contribution in [0.4, 0.5) is 5.82 Å². The van der Waals surface area contributed by atoms with Crippen molar-refractivity contribution >= 4 is 17.4 Å². The van der Waals surface area contributed by atoms with Crippen molar-refractivity contribution in [2.24, 2.45) is 0 Å². The molecule has 0 unspecified atom stereocenters. The summed E-state index contributed by atoms with van der Waals surface area (Å²) in [5.74, 6) is 0.615. The number of amides is 1. The Bertz CT molecular complexity index is 775. The van der Waals surface area contributed by atoms with E-state index in [4.69, 9.17) is 0 Å². The van der Waals surface area contributed by atoms with Crippen LogP contribution in [0, 0.1) is 6.92 Å². The van der Waals surface area contributed by atoms with Gasteiger partial charge in [-0.2, -0.15) is 0 Å². The minimum absolute atomic E-state index is 0.104. The van der Waals surface area contributed by atoms with E-state index >= 15 is 0 Å². The SMILES string of the molecule is CC(=O)Nc1c(-c2ccccc2)nc2cccc(C)n12. The van der Waals surface area contributed by atoms with E-state index in [0.717, 1.165) is 28.4 Å². The summed E-state index contributed by atoms with van der Waals surface area (Å²) >= 11 is 0. The first kappa shape index (κ1) is 12.4. The van der Waals surface area contributed by atoms with Crippen molar-refractivity contribution in [1.82, 2.24) is 9.38 Å². The summed E-state index contributed by atoms with van der Waals surface area (Å²) in [4.78, 5) is 16.1. The summed E-state index contributed by atoms with van der Waals surface area (Å²) in [6, 6.07) is 15.8. The summed E-state index contributed by atoms with van der Waals surface area (Å²) < 4.78 is 1.96. The lowest BCUT2D eigenvalue weighted by Gasteiger charge is -2.07. The predicted octanol–water partition coefficient (Wildman–Crippen LogP) is 3.27. The maximum absolute atomic E-state index is 11.5. The molecule has 0 atom stereocenters. The summed E-state index contributed by atoms with van der Waals surface area (Å²) in [6.07, 6.45) is 0. The van der Waals surface area contributed by atoms with Crippen LogP contribution in [0.1, 0.15) is 12.6 Å². The number of hydrogen-bond acceptors (Lipinski definition) is 2. The van der Waals surface area contributed by atoms with Gasteiger partial charge in [0.15, 0.2) is 0 Å². The quantitative estimate of drug-likeness (QED) is 0.773. The monoisotopic (exact) mass is 265 g/mol. The Kier molecular flexibility index (Phi) is 2.99. The fraction of sp³-hybridized carbons (Fsp3) is 0.125. The Morgan fingerprint density at radius 3 is 2.55 bits per heavy atom. The highest BCUT2D eigenvalue weighted by Crippen LogP contribution is 2.29. The van der Waals surface area contributed by atoms with E-state index in [1.165, 1.54) is 6.92 Å². The van der Waals surface area contributed by atoms with Gasteiger partial charge in [-0.15, -0.1) is 0 Å². The highest BCUT2D eigenvalue weighted by atomic mass is 16.1. The number of nitrogens with one attached hydrogen (secondary N) is 1. The molecule has 4 heteroatoms. The van der Waals surface area contributed by atoms with E-state index in [-0.39, 0.29) is 5.91 Å². The van der Waals surface area contributed by atoms with Crippen LogP contribution in [0.3, 0.4) is 0 Å². The molecule has 1 amide bonds. The highest BCUT2D eigenvalue weighted by molar-refractivity contribution is 5.93. The molecule has 3 rings (SSSR count). The van der Waals surface area contributed by atoms with Crippen molar-refractivity contribution < 1.29 is 4.79 Å². The van der Waals surface area contributed by atoms with Gasteiger partial charge >= 0.3 is 0 Å². The molecule has 2 aromatic heterocycles. The van der Waals surface area contributed by atoms with Gasteiger partial charge in [0.2, 0.25) is 5.91 Å². The number of rotatable bonds is 2. The minimum Gasteiger partial charge on any atom is -0.310 e. The number of nitrogens with zero attached hydrogens (tertiary/aromatic N) is 2. The molecule has 0 aliphatic carbocycles. The second-order valence-electron chi connectivity index (χ2n) is 4.72. The average Bonchev–Trinajstić information content (AvgIpc) is 2.79. The number of benzene rings is 1. The molecule has 20 heavy (non-hydrogen) atoms. The number of hydrogen-bond donors (Lipinski definition) is 1. The lowest BCUT2D eigenvalue weighted by Crippen LogP contribution is -2.09. The first-order valence-electron chi connectivity index (χ1n) is 6.48. The van der Waals surface area contributed by atoms with Crippen LogP contribution in [0.2, 0.25) is 0 Å². The second kappa shape index (κ2) is 4.81. The molecule has 0 fully saturated rings. The topological polar surface area (TPSA) is 46.4 Å². The standard InChI is InChI=1S/C16H15N3O/c1-11-7-6-10-14-18-15(13-8-4-3-5-9-13)16(19(11)14)17-12(2)20/h3-10H,1-2H3,(H,17,20). The molecule has 0 aliphatic rings. The van der Waals surface area contributed by atoms with Crippen molar-refractivity contribution in [3.8, 4) is 11.3 Å². The van der Waals surface area contributed by atoms with Crippen molar-refractivity contribution in [1.29, 1.82) is 0 Å². The number of pyridine rings is 1. The largest absolute Gasteiger partial charge is 0.310 e. The number of aryl methyl sites for hydroxylation is 1. The van der Waals surface area contributed by atoms with Crippen molar-refractivity contribution in [2.45, 2.75) is 13.8 Å². The van der Waals surface area contributed by atoms with Gasteiger partial charge in [0.1, 0.15) is 17.2 Å². The van der Waals surface area contributed by atoms with Gasteiger partial charge in [0.25, 0.3) is 0 Å². The molecule has 1 aromatic carbocycles. The Morgan fingerprint density at radius 2 is 1.85 bits per heavy atom. The van der Waals surface area contributed by atoms with Crippen LogP contribution >= 0.6 is 0 Å². The molecule has 0 saturated heterocycles. The van der Waals surface area contributed by atoms with Gasteiger partial charge in [0, 0.05) is 18.2 Å². The van der Waals surface area contributed by atoms with E-state index in [9.17, 15) is 4.79 Å². The predicted molar refractivity (Wildman–Crippen MR) is 79.7 cm³/mol. The smallest absolute Gasteiger partial charge is 0.222 e. The van der Waals surface area contributed by atoms with Gasteiger partial charge in [-0.3, -0.25) is 9.20 Å². The van der Waals surface area contributed by atoms with Crippen LogP contribution in [-0.2, 0) is 4.79 Å². The van der Waals surface area contributed by atoms with Gasteiger partial charge in [-0.05, 0) is 19.1 Å². The number of fused-ring (bicyclic) bond motifs is 1. The molecule has 0 saturated carbocycles. The molecule has 0 spiro atoms. The van der Waals surface area contributed by atoms with Gasteiger partial charge in [0.05, 0.1) is 0 Å². The van der Waals surface area contributed by atoms with Crippen LogP contribution in [0.5, 0.6) is 0 Å². The molecule has 2 heterocycles. The number of aromatic nitrogens is 2. The molecule has 3 aromatic rings. The van der Waals surface area contributed by atoms with E-state index in [0.29, 0.717) is 0 Å². The zero-order chi connectivity index (χ0) is 14.1. The van der Waals surface area contributed by atoms with Crippen LogP contribution in [0.15, 0.2) is 48.5 Å². The Hall–Kier alpha value is -2.62. The van der Waals surface area contributed by atoms with E-state index in [1.807, 2.05) is 59.9 Å². The zero-order valence-corrected chi connectivity index (χ0v) is 11.4. The normalized spacial score (nSPS) is 10.7. The molecule has 0 radical (unpaired) electrons. The number of carbonyl (C=O) groups is 1. The Labute approximate surface area is 117 Å². The second-order valence-corrected chi connectivity index (χ2v) is 4.72. The lowest BCUT2D eigenvalue weighted by atomic mass is 10.1. The van der Waals surface area contributed by atoms with Crippen LogP contribution < -0.4 is 5.32 Å². The van der Waals surface area contributed by atoms with E-state index in [1.54, 1.807) is 0 Å². The minimum atomic E-state index is -0.104. The Balaban J connectivity index is 2.31. The van der Waals surface area contributed by atoms with Crippen molar-refractivity contribution in [3.63, 3.8) is 0 Å². The third kappa shape index (κ3) is 2.05. The molecule has 0 bridgehead atoms.